The van der Waals surface area contributed by atoms with Gasteiger partial charge in [-0.2, -0.15) is 0 Å². The highest BCUT2D eigenvalue weighted by Gasteiger charge is 2.16. The molecule has 0 unspecified atom stereocenters. The van der Waals surface area contributed by atoms with Crippen LogP contribution in [0.1, 0.15) is 42.4 Å². The smallest absolute Gasteiger partial charge is 0.243 e. The summed E-state index contributed by atoms with van der Waals surface area (Å²) in [5.41, 5.74) is 6.97. The first kappa shape index (κ1) is 29.0. The van der Waals surface area contributed by atoms with Crippen molar-refractivity contribution in [3.63, 3.8) is 0 Å². The van der Waals surface area contributed by atoms with E-state index in [0.29, 0.717) is 50.0 Å². The van der Waals surface area contributed by atoms with Crippen molar-refractivity contribution in [3.05, 3.63) is 65.2 Å². The van der Waals surface area contributed by atoms with E-state index in [9.17, 15) is 4.79 Å². The van der Waals surface area contributed by atoms with Crippen LogP contribution < -0.4 is 34.5 Å². The summed E-state index contributed by atoms with van der Waals surface area (Å²) in [6.45, 7) is 4.97. The zero-order chi connectivity index (χ0) is 28.3. The molecule has 40 heavy (non-hydrogen) atoms. The van der Waals surface area contributed by atoms with Gasteiger partial charge < -0.3 is 29.0 Å². The first-order valence-electron chi connectivity index (χ1n) is 13.5. The Morgan fingerprint density at radius 1 is 0.950 bits per heavy atom. The third-order valence-corrected chi connectivity index (χ3v) is 6.96. The van der Waals surface area contributed by atoms with Crippen LogP contribution >= 0.6 is 0 Å². The molecule has 9 heteroatoms. The standard InChI is InChI=1S/C31H38N2O7/c1-21-23(8-7-9-25(21)22-11-12-27-30(16-22)39-15-14-38-27)20-40-24-17-28(36-2)26(29(18-24)37-3)19-32-13-6-4-5-10-31(34)33-35/h7-9,11-12,16-18,32,35H,4-6,10,13-15,19-20H2,1-3H3,(H,33,34). The Morgan fingerprint density at radius 2 is 1.70 bits per heavy atom. The zero-order valence-corrected chi connectivity index (χ0v) is 23.4. The predicted octanol–water partition coefficient (Wildman–Crippen LogP) is 5.18. The first-order chi connectivity index (χ1) is 19.5. The van der Waals surface area contributed by atoms with Crippen molar-refractivity contribution in [1.82, 2.24) is 10.8 Å². The van der Waals surface area contributed by atoms with Gasteiger partial charge in [0.2, 0.25) is 5.91 Å². The number of ether oxygens (including phenoxy) is 5. The van der Waals surface area contributed by atoms with Crippen molar-refractivity contribution in [2.24, 2.45) is 0 Å². The predicted molar refractivity (Wildman–Crippen MR) is 152 cm³/mol. The normalized spacial score (nSPS) is 12.1. The number of rotatable bonds is 14. The van der Waals surface area contributed by atoms with Gasteiger partial charge in [0.25, 0.3) is 0 Å². The maximum Gasteiger partial charge on any atom is 0.243 e. The molecule has 0 saturated heterocycles. The van der Waals surface area contributed by atoms with E-state index in [2.05, 4.69) is 30.4 Å². The maximum atomic E-state index is 11.1. The second-order valence-electron chi connectivity index (χ2n) is 9.57. The molecule has 0 aromatic heterocycles. The van der Waals surface area contributed by atoms with Gasteiger partial charge in [-0.3, -0.25) is 10.0 Å². The van der Waals surface area contributed by atoms with Gasteiger partial charge >= 0.3 is 0 Å². The monoisotopic (exact) mass is 550 g/mol. The summed E-state index contributed by atoms with van der Waals surface area (Å²) in [5.74, 6) is 3.21. The van der Waals surface area contributed by atoms with Crippen LogP contribution in [0.5, 0.6) is 28.7 Å². The van der Waals surface area contributed by atoms with Crippen LogP contribution in [0.3, 0.4) is 0 Å². The summed E-state index contributed by atoms with van der Waals surface area (Å²) in [7, 11) is 3.27. The SMILES string of the molecule is COc1cc(OCc2cccc(-c3ccc4c(c3)OCCO4)c2C)cc(OC)c1CNCCCCCC(=O)NO. The molecular formula is C31H38N2O7. The van der Waals surface area contributed by atoms with E-state index in [-0.39, 0.29) is 5.91 Å². The summed E-state index contributed by atoms with van der Waals surface area (Å²) in [4.78, 5) is 11.1. The van der Waals surface area contributed by atoms with Gasteiger partial charge in [-0.1, -0.05) is 30.7 Å². The molecule has 0 aliphatic carbocycles. The van der Waals surface area contributed by atoms with Crippen molar-refractivity contribution in [2.45, 2.75) is 45.8 Å². The molecule has 3 N–H and O–H groups in total. The summed E-state index contributed by atoms with van der Waals surface area (Å²) in [5, 5.41) is 12.0. The Kier molecular flexibility index (Phi) is 10.5. The van der Waals surface area contributed by atoms with Gasteiger partial charge in [0, 0.05) is 25.1 Å². The van der Waals surface area contributed by atoms with E-state index in [1.54, 1.807) is 19.7 Å². The molecule has 0 atom stereocenters. The van der Waals surface area contributed by atoms with Gasteiger partial charge in [0.15, 0.2) is 11.5 Å². The largest absolute Gasteiger partial charge is 0.496 e. The summed E-state index contributed by atoms with van der Waals surface area (Å²) in [6, 6.07) is 16.0. The number of fused-ring (bicyclic) bond motifs is 1. The number of carbonyl (C=O) groups excluding carboxylic acids is 1. The molecule has 3 aromatic rings. The lowest BCUT2D eigenvalue weighted by Gasteiger charge is -2.20. The van der Waals surface area contributed by atoms with Crippen LogP contribution in [0.4, 0.5) is 0 Å². The third-order valence-electron chi connectivity index (χ3n) is 6.96. The van der Waals surface area contributed by atoms with Crippen molar-refractivity contribution in [1.29, 1.82) is 0 Å². The summed E-state index contributed by atoms with van der Waals surface area (Å²) < 4.78 is 29.0. The highest BCUT2D eigenvalue weighted by Crippen LogP contribution is 2.37. The van der Waals surface area contributed by atoms with Crippen LogP contribution in [0.25, 0.3) is 11.1 Å². The number of hydrogen-bond donors (Lipinski definition) is 3. The number of amides is 1. The molecule has 4 rings (SSSR count). The third kappa shape index (κ3) is 7.37. The maximum absolute atomic E-state index is 11.1. The van der Waals surface area contributed by atoms with Gasteiger partial charge in [-0.05, 0) is 60.7 Å². The molecule has 9 nitrogen and oxygen atoms in total. The molecular weight excluding hydrogens is 512 g/mol. The highest BCUT2D eigenvalue weighted by atomic mass is 16.6. The molecule has 0 saturated carbocycles. The number of nitrogens with one attached hydrogen (secondary N) is 2. The van der Waals surface area contributed by atoms with Crippen molar-refractivity contribution in [2.75, 3.05) is 34.0 Å². The fourth-order valence-electron chi connectivity index (χ4n) is 4.72. The minimum absolute atomic E-state index is 0.321. The number of hydroxylamine groups is 1. The quantitative estimate of drug-likeness (QED) is 0.143. The Hall–Kier alpha value is -3.95. The lowest BCUT2D eigenvalue weighted by Crippen LogP contribution is -2.18. The Bertz CT molecular complexity index is 1270. The number of unbranched alkanes of at least 4 members (excludes halogenated alkanes) is 2. The van der Waals surface area contributed by atoms with Crippen LogP contribution in [0.15, 0.2) is 48.5 Å². The van der Waals surface area contributed by atoms with E-state index in [1.165, 1.54) is 0 Å². The van der Waals surface area contributed by atoms with Crippen molar-refractivity contribution in [3.8, 4) is 39.9 Å². The molecule has 1 aliphatic heterocycles. The number of carbonyl (C=O) groups is 1. The topological polar surface area (TPSA) is 108 Å². The average molecular weight is 551 g/mol. The van der Waals surface area contributed by atoms with Crippen molar-refractivity contribution >= 4 is 5.91 Å². The molecule has 0 fully saturated rings. The Labute approximate surface area is 235 Å². The average Bonchev–Trinajstić information content (AvgIpc) is 2.99. The van der Waals surface area contributed by atoms with Crippen LogP contribution in [-0.2, 0) is 17.9 Å². The molecule has 1 aliphatic rings. The van der Waals surface area contributed by atoms with Gasteiger partial charge in [0.1, 0.15) is 37.1 Å². The second kappa shape index (κ2) is 14.4. The van der Waals surface area contributed by atoms with Crippen molar-refractivity contribution < 1.29 is 33.7 Å². The van der Waals surface area contributed by atoms with Gasteiger partial charge in [0.05, 0.1) is 19.8 Å². The van der Waals surface area contributed by atoms with Gasteiger partial charge in [-0.15, -0.1) is 0 Å². The molecule has 3 aromatic carbocycles. The Morgan fingerprint density at radius 3 is 2.42 bits per heavy atom. The lowest BCUT2D eigenvalue weighted by molar-refractivity contribution is -0.129. The Balaban J connectivity index is 1.39. The number of hydrogen-bond acceptors (Lipinski definition) is 8. The van der Waals surface area contributed by atoms with Crippen LogP contribution in [0.2, 0.25) is 0 Å². The highest BCUT2D eigenvalue weighted by molar-refractivity contribution is 5.74. The number of methoxy groups -OCH3 is 2. The van der Waals surface area contributed by atoms with Crippen LogP contribution in [0, 0.1) is 6.92 Å². The van der Waals surface area contributed by atoms with Gasteiger partial charge in [-0.25, -0.2) is 5.48 Å². The summed E-state index contributed by atoms with van der Waals surface area (Å²) in [6.07, 6.45) is 2.85. The summed E-state index contributed by atoms with van der Waals surface area (Å²) >= 11 is 0. The molecule has 1 heterocycles. The van der Waals surface area contributed by atoms with E-state index in [0.717, 1.165) is 65.1 Å². The number of benzene rings is 3. The lowest BCUT2D eigenvalue weighted by atomic mass is 9.96. The molecule has 0 bridgehead atoms. The van der Waals surface area contributed by atoms with E-state index < -0.39 is 0 Å². The fraction of sp³-hybridized carbons (Fsp3) is 0.387. The fourth-order valence-corrected chi connectivity index (χ4v) is 4.72. The van der Waals surface area contributed by atoms with Crippen LogP contribution in [-0.4, -0.2) is 45.1 Å². The molecule has 214 valence electrons. The molecule has 1 amide bonds. The second-order valence-corrected chi connectivity index (χ2v) is 9.57. The minimum Gasteiger partial charge on any atom is -0.496 e. The van der Waals surface area contributed by atoms with E-state index in [4.69, 9.17) is 28.9 Å². The first-order valence-corrected chi connectivity index (χ1v) is 13.5. The zero-order valence-electron chi connectivity index (χ0n) is 23.4. The molecule has 0 radical (unpaired) electrons. The van der Waals surface area contributed by atoms with E-state index >= 15 is 0 Å². The minimum atomic E-state index is -0.354. The molecule has 0 spiro atoms. The van der Waals surface area contributed by atoms with E-state index in [1.807, 2.05) is 30.3 Å².